The number of hydrogen-bond acceptors (Lipinski definition) is 5. The maximum Gasteiger partial charge on any atom is 0.269 e. The summed E-state index contributed by atoms with van der Waals surface area (Å²) in [6, 6.07) is 5.08. The molecule has 1 saturated carbocycles. The summed E-state index contributed by atoms with van der Waals surface area (Å²) in [6.07, 6.45) is 3.41. The van der Waals surface area contributed by atoms with Crippen molar-refractivity contribution in [1.82, 2.24) is 10.3 Å². The number of carbonyl (C=O) groups is 1. The van der Waals surface area contributed by atoms with E-state index in [1.807, 2.05) is 0 Å². The van der Waals surface area contributed by atoms with Crippen molar-refractivity contribution in [3.63, 3.8) is 0 Å². The van der Waals surface area contributed by atoms with Crippen molar-refractivity contribution < 1.29 is 9.53 Å². The zero-order valence-corrected chi connectivity index (χ0v) is 10.9. The zero-order valence-electron chi connectivity index (χ0n) is 10.9. The van der Waals surface area contributed by atoms with Crippen LogP contribution in [0.15, 0.2) is 18.2 Å². The number of nitrogen functional groups attached to an aromatic ring is 1. The van der Waals surface area contributed by atoms with Crippen molar-refractivity contribution in [2.24, 2.45) is 11.8 Å². The summed E-state index contributed by atoms with van der Waals surface area (Å²) in [5.41, 5.74) is 2.77. The van der Waals surface area contributed by atoms with Gasteiger partial charge in [-0.3, -0.25) is 4.79 Å². The van der Waals surface area contributed by atoms with Crippen LogP contribution >= 0.6 is 0 Å². The Hall–Kier alpha value is -1.66. The summed E-state index contributed by atoms with van der Waals surface area (Å²) in [5, 5.41) is 2.80. The average Bonchev–Trinajstić information content (AvgIpc) is 3.26. The van der Waals surface area contributed by atoms with Crippen LogP contribution in [0.3, 0.4) is 0 Å². The molecule has 0 atom stereocenters. The van der Waals surface area contributed by atoms with Crippen LogP contribution in [0.25, 0.3) is 0 Å². The van der Waals surface area contributed by atoms with Gasteiger partial charge in [-0.25, -0.2) is 10.8 Å². The molecule has 4 N–H and O–H groups in total. The van der Waals surface area contributed by atoms with E-state index in [1.165, 1.54) is 12.8 Å². The highest BCUT2D eigenvalue weighted by molar-refractivity contribution is 5.92. The molecule has 0 radical (unpaired) electrons. The van der Waals surface area contributed by atoms with Crippen LogP contribution in [0.5, 0.6) is 0 Å². The third-order valence-corrected chi connectivity index (χ3v) is 2.93. The fourth-order valence-corrected chi connectivity index (χ4v) is 1.64. The lowest BCUT2D eigenvalue weighted by atomic mass is 10.3. The highest BCUT2D eigenvalue weighted by Crippen LogP contribution is 2.28. The number of pyridine rings is 1. The lowest BCUT2D eigenvalue weighted by molar-refractivity contribution is 0.0932. The minimum Gasteiger partial charge on any atom is -0.381 e. The van der Waals surface area contributed by atoms with Crippen LogP contribution in [-0.4, -0.2) is 30.6 Å². The molecule has 1 fully saturated rings. The van der Waals surface area contributed by atoms with E-state index >= 15 is 0 Å². The fourth-order valence-electron chi connectivity index (χ4n) is 1.64. The van der Waals surface area contributed by atoms with Crippen molar-refractivity contribution in [2.75, 3.05) is 25.2 Å². The van der Waals surface area contributed by atoms with Gasteiger partial charge in [0.1, 0.15) is 11.5 Å². The first kappa shape index (κ1) is 13.8. The van der Waals surface area contributed by atoms with Crippen LogP contribution < -0.4 is 16.6 Å². The molecule has 0 unspecified atom stereocenters. The maximum absolute atomic E-state index is 11.8. The smallest absolute Gasteiger partial charge is 0.269 e. The summed E-state index contributed by atoms with van der Waals surface area (Å²) in [5.74, 6) is 6.30. The molecule has 0 aromatic carbocycles. The van der Waals surface area contributed by atoms with Gasteiger partial charge in [0.05, 0.1) is 0 Å². The Morgan fingerprint density at radius 3 is 3.05 bits per heavy atom. The molecular formula is C13H20N4O2. The van der Waals surface area contributed by atoms with Gasteiger partial charge in [-0.05, 0) is 37.3 Å². The second-order valence-electron chi connectivity index (χ2n) is 4.68. The third-order valence-electron chi connectivity index (χ3n) is 2.93. The van der Waals surface area contributed by atoms with Gasteiger partial charge in [-0.2, -0.15) is 0 Å². The Balaban J connectivity index is 1.62. The minimum absolute atomic E-state index is 0.195. The summed E-state index contributed by atoms with van der Waals surface area (Å²) in [4.78, 5) is 15.8. The molecular weight excluding hydrogens is 244 g/mol. The van der Waals surface area contributed by atoms with Crippen molar-refractivity contribution in [3.05, 3.63) is 23.9 Å². The third kappa shape index (κ3) is 4.84. The first-order valence-electron chi connectivity index (χ1n) is 6.59. The lowest BCUT2D eigenvalue weighted by Gasteiger charge is -2.06. The molecule has 0 bridgehead atoms. The lowest BCUT2D eigenvalue weighted by Crippen LogP contribution is -2.26. The van der Waals surface area contributed by atoms with Crippen LogP contribution in [-0.2, 0) is 4.74 Å². The summed E-state index contributed by atoms with van der Waals surface area (Å²) >= 11 is 0. The Kier molecular flexibility index (Phi) is 5.11. The van der Waals surface area contributed by atoms with Crippen LogP contribution in [0.2, 0.25) is 0 Å². The number of ether oxygens (including phenoxy) is 1. The van der Waals surface area contributed by atoms with Gasteiger partial charge in [0.25, 0.3) is 5.91 Å². The monoisotopic (exact) mass is 264 g/mol. The molecule has 1 aliphatic carbocycles. The fraction of sp³-hybridized carbons (Fsp3) is 0.538. The van der Waals surface area contributed by atoms with Crippen LogP contribution in [0.1, 0.15) is 29.8 Å². The molecule has 104 valence electrons. The SMILES string of the molecule is NNc1cccc(C(=O)NCCCOCC2CC2)n1. The number of anilines is 1. The summed E-state index contributed by atoms with van der Waals surface area (Å²) in [7, 11) is 0. The minimum atomic E-state index is -0.195. The van der Waals surface area contributed by atoms with Gasteiger partial charge in [0.2, 0.25) is 0 Å². The summed E-state index contributed by atoms with van der Waals surface area (Å²) < 4.78 is 5.49. The normalized spacial score (nSPS) is 14.2. The van der Waals surface area contributed by atoms with Gasteiger partial charge in [0, 0.05) is 19.8 Å². The van der Waals surface area contributed by atoms with Crippen molar-refractivity contribution >= 4 is 11.7 Å². The molecule has 1 heterocycles. The van der Waals surface area contributed by atoms with Gasteiger partial charge in [0.15, 0.2) is 0 Å². The topological polar surface area (TPSA) is 89.3 Å². The zero-order chi connectivity index (χ0) is 13.5. The molecule has 0 aliphatic heterocycles. The van der Waals surface area contributed by atoms with E-state index in [0.29, 0.717) is 24.7 Å². The molecule has 1 aromatic rings. The Morgan fingerprint density at radius 1 is 1.47 bits per heavy atom. The van der Waals surface area contributed by atoms with Gasteiger partial charge in [-0.15, -0.1) is 0 Å². The number of aromatic nitrogens is 1. The Bertz CT molecular complexity index is 421. The largest absolute Gasteiger partial charge is 0.381 e. The van der Waals surface area contributed by atoms with E-state index in [4.69, 9.17) is 10.6 Å². The van der Waals surface area contributed by atoms with E-state index in [9.17, 15) is 4.79 Å². The first-order valence-corrected chi connectivity index (χ1v) is 6.59. The van der Waals surface area contributed by atoms with Crippen molar-refractivity contribution in [3.8, 4) is 0 Å². The molecule has 19 heavy (non-hydrogen) atoms. The number of nitrogens with two attached hydrogens (primary N) is 1. The number of nitrogens with zero attached hydrogens (tertiary/aromatic N) is 1. The van der Waals surface area contributed by atoms with E-state index in [2.05, 4.69) is 15.7 Å². The maximum atomic E-state index is 11.8. The predicted octanol–water partition coefficient (Wildman–Crippen LogP) is 0.914. The van der Waals surface area contributed by atoms with Crippen molar-refractivity contribution in [1.29, 1.82) is 0 Å². The quantitative estimate of drug-likeness (QED) is 0.369. The standard InChI is InChI=1S/C13H20N4O2/c14-17-12-4-1-3-11(16-12)13(18)15-7-2-8-19-9-10-5-6-10/h1,3-4,10H,2,5-9,14H2,(H,15,18)(H,16,17). The molecule has 1 amide bonds. The van der Waals surface area contributed by atoms with E-state index < -0.39 is 0 Å². The number of nitrogens with one attached hydrogen (secondary N) is 2. The van der Waals surface area contributed by atoms with Crippen LogP contribution in [0.4, 0.5) is 5.82 Å². The number of hydrazine groups is 1. The van der Waals surface area contributed by atoms with E-state index in [1.54, 1.807) is 18.2 Å². The Morgan fingerprint density at radius 2 is 2.32 bits per heavy atom. The molecule has 1 aromatic heterocycles. The molecule has 0 saturated heterocycles. The first-order chi connectivity index (χ1) is 9.29. The number of amides is 1. The molecule has 6 heteroatoms. The molecule has 2 rings (SSSR count). The predicted molar refractivity (Wildman–Crippen MR) is 72.5 cm³/mol. The van der Waals surface area contributed by atoms with Crippen molar-refractivity contribution in [2.45, 2.75) is 19.3 Å². The Labute approximate surface area is 112 Å². The highest BCUT2D eigenvalue weighted by atomic mass is 16.5. The molecule has 1 aliphatic rings. The van der Waals surface area contributed by atoms with Crippen LogP contribution in [0, 0.1) is 5.92 Å². The second kappa shape index (κ2) is 7.06. The number of rotatable bonds is 8. The van der Waals surface area contributed by atoms with E-state index in [0.717, 1.165) is 18.9 Å². The average molecular weight is 264 g/mol. The second-order valence-corrected chi connectivity index (χ2v) is 4.68. The van der Waals surface area contributed by atoms with E-state index in [-0.39, 0.29) is 5.91 Å². The van der Waals surface area contributed by atoms with Gasteiger partial charge < -0.3 is 15.5 Å². The summed E-state index contributed by atoms with van der Waals surface area (Å²) in [6.45, 7) is 2.14. The number of hydrogen-bond donors (Lipinski definition) is 3. The number of carbonyl (C=O) groups excluding carboxylic acids is 1. The molecule has 0 spiro atoms. The molecule has 6 nitrogen and oxygen atoms in total. The highest BCUT2D eigenvalue weighted by Gasteiger charge is 2.20. The van der Waals surface area contributed by atoms with Gasteiger partial charge >= 0.3 is 0 Å². The van der Waals surface area contributed by atoms with Gasteiger partial charge in [-0.1, -0.05) is 6.07 Å².